The van der Waals surface area contributed by atoms with Crippen molar-refractivity contribution in [2.24, 2.45) is 0 Å². The van der Waals surface area contributed by atoms with Crippen LogP contribution in [0.3, 0.4) is 0 Å². The maximum atomic E-state index is 13.4. The Balaban J connectivity index is 6.50. The molecule has 0 aromatic heterocycles. The van der Waals surface area contributed by atoms with E-state index in [0.717, 1.165) is 0 Å². The molecule has 0 aliphatic rings. The standard InChI is InChI=1S/C9F18O2/c10-1(11)2(12)28-9(26,27)5(17,7(21,22)23)29-8(24,25)4(15,16)3(13,14)6(18,19)20. The predicted molar refractivity (Wildman–Crippen MR) is 48.3 cm³/mol. The molecule has 29 heavy (non-hydrogen) atoms. The number of hydrogen-bond acceptors (Lipinski definition) is 2. The summed E-state index contributed by atoms with van der Waals surface area (Å²) in [5.74, 6) is -24.1. The highest BCUT2D eigenvalue weighted by atomic mass is 19.4. The molecule has 0 fully saturated rings. The molecule has 0 aromatic carbocycles. The third kappa shape index (κ3) is 4.55. The van der Waals surface area contributed by atoms with Crippen molar-refractivity contribution in [3.63, 3.8) is 0 Å². The monoisotopic (exact) mass is 482 g/mol. The van der Waals surface area contributed by atoms with Gasteiger partial charge in [-0.2, -0.15) is 79.0 Å². The van der Waals surface area contributed by atoms with Gasteiger partial charge >= 0.3 is 54.4 Å². The van der Waals surface area contributed by atoms with Crippen LogP contribution in [0.15, 0.2) is 12.1 Å². The zero-order valence-corrected chi connectivity index (χ0v) is 12.1. The maximum Gasteiger partial charge on any atom is 0.471 e. The van der Waals surface area contributed by atoms with Crippen molar-refractivity contribution in [1.29, 1.82) is 0 Å². The van der Waals surface area contributed by atoms with E-state index in [0.29, 0.717) is 0 Å². The van der Waals surface area contributed by atoms with Gasteiger partial charge in [0.25, 0.3) is 0 Å². The van der Waals surface area contributed by atoms with E-state index in [1.807, 2.05) is 0 Å². The van der Waals surface area contributed by atoms with Crippen LogP contribution in [0.1, 0.15) is 0 Å². The largest absolute Gasteiger partial charge is 0.471 e. The Bertz CT molecular complexity index is 624. The molecule has 1 unspecified atom stereocenters. The maximum absolute atomic E-state index is 13.4. The first kappa shape index (κ1) is 27.2. The van der Waals surface area contributed by atoms with Crippen LogP contribution in [0.25, 0.3) is 0 Å². The van der Waals surface area contributed by atoms with Gasteiger partial charge in [-0.15, -0.1) is 0 Å². The van der Waals surface area contributed by atoms with Gasteiger partial charge in [-0.25, -0.2) is 0 Å². The van der Waals surface area contributed by atoms with E-state index in [1.165, 1.54) is 4.74 Å². The lowest BCUT2D eigenvalue weighted by Crippen LogP contribution is -2.67. The lowest BCUT2D eigenvalue weighted by Gasteiger charge is -2.39. The number of alkyl halides is 15. The van der Waals surface area contributed by atoms with Crippen LogP contribution < -0.4 is 0 Å². The van der Waals surface area contributed by atoms with Gasteiger partial charge in [-0.1, -0.05) is 0 Å². The van der Waals surface area contributed by atoms with Crippen molar-refractivity contribution < 1.29 is 88.5 Å². The van der Waals surface area contributed by atoms with E-state index in [2.05, 4.69) is 0 Å². The minimum atomic E-state index is -8.20. The van der Waals surface area contributed by atoms with E-state index in [4.69, 9.17) is 0 Å². The fraction of sp³-hybridized carbons (Fsp3) is 0.778. The van der Waals surface area contributed by atoms with Gasteiger partial charge in [0.1, 0.15) is 0 Å². The van der Waals surface area contributed by atoms with E-state index in [1.54, 1.807) is 4.74 Å². The zero-order valence-electron chi connectivity index (χ0n) is 12.1. The Labute approximate surface area is 144 Å². The second-order valence-corrected chi connectivity index (χ2v) is 4.51. The normalized spacial score (nSPS) is 17.0. The Morgan fingerprint density at radius 2 is 0.862 bits per heavy atom. The summed E-state index contributed by atoms with van der Waals surface area (Å²) in [5, 5.41) is 0. The Hall–Kier alpha value is -1.76. The number of halogens is 18. The number of ether oxygens (including phenoxy) is 2. The molecule has 0 radical (unpaired) electrons. The fourth-order valence-corrected chi connectivity index (χ4v) is 1.10. The first-order chi connectivity index (χ1) is 12.3. The summed E-state index contributed by atoms with van der Waals surface area (Å²) in [7, 11) is 0. The molecule has 1 atom stereocenters. The molecule has 0 saturated heterocycles. The van der Waals surface area contributed by atoms with E-state index in [9.17, 15) is 79.0 Å². The minimum Gasteiger partial charge on any atom is -0.398 e. The molecule has 0 saturated carbocycles. The molecule has 0 rings (SSSR count). The summed E-state index contributed by atoms with van der Waals surface area (Å²) in [4.78, 5) is 0. The first-order valence-electron chi connectivity index (χ1n) is 5.72. The van der Waals surface area contributed by atoms with Gasteiger partial charge in [-0.05, 0) is 0 Å². The lowest BCUT2D eigenvalue weighted by molar-refractivity contribution is -0.534. The van der Waals surface area contributed by atoms with Crippen LogP contribution in [0.2, 0.25) is 0 Å². The predicted octanol–water partition coefficient (Wildman–Crippen LogP) is 6.30. The summed E-state index contributed by atoms with van der Waals surface area (Å²) in [6, 6.07) is -4.11. The highest BCUT2D eigenvalue weighted by molar-refractivity contribution is 5.00. The van der Waals surface area contributed by atoms with Crippen LogP contribution in [0, 0.1) is 0 Å². The summed E-state index contributed by atoms with van der Waals surface area (Å²) in [6.45, 7) is 0. The van der Waals surface area contributed by atoms with Crippen molar-refractivity contribution in [3.05, 3.63) is 12.1 Å². The summed E-state index contributed by atoms with van der Waals surface area (Å²) in [6.07, 6.45) is -35.1. The van der Waals surface area contributed by atoms with E-state index >= 15 is 0 Å². The highest BCUT2D eigenvalue weighted by Crippen LogP contribution is 2.57. The molecule has 2 nitrogen and oxygen atoms in total. The molecular formula is C9F18O2. The lowest BCUT2D eigenvalue weighted by atomic mass is 10.1. The Morgan fingerprint density at radius 3 is 1.14 bits per heavy atom. The van der Waals surface area contributed by atoms with Gasteiger partial charge in [0.15, 0.2) is 0 Å². The van der Waals surface area contributed by atoms with Crippen LogP contribution in [-0.4, -0.2) is 42.3 Å². The second kappa shape index (κ2) is 7.18. The summed E-state index contributed by atoms with van der Waals surface area (Å²) < 4.78 is 226. The molecule has 0 bridgehead atoms. The molecule has 174 valence electrons. The van der Waals surface area contributed by atoms with Gasteiger partial charge < -0.3 is 4.74 Å². The molecule has 0 aliphatic carbocycles. The van der Waals surface area contributed by atoms with Gasteiger partial charge in [0, 0.05) is 0 Å². The van der Waals surface area contributed by atoms with Crippen LogP contribution in [0.5, 0.6) is 0 Å². The van der Waals surface area contributed by atoms with Gasteiger partial charge in [0.2, 0.25) is 0 Å². The van der Waals surface area contributed by atoms with Crippen LogP contribution >= 0.6 is 0 Å². The molecule has 0 aliphatic heterocycles. The van der Waals surface area contributed by atoms with Crippen molar-refractivity contribution in [1.82, 2.24) is 0 Å². The third-order valence-corrected chi connectivity index (χ3v) is 2.49. The molecule has 0 aromatic rings. The molecule has 0 heterocycles. The smallest absolute Gasteiger partial charge is 0.398 e. The van der Waals surface area contributed by atoms with Gasteiger partial charge in [0.05, 0.1) is 0 Å². The minimum absolute atomic E-state index is 1.22. The average Bonchev–Trinajstić information content (AvgIpc) is 2.42. The van der Waals surface area contributed by atoms with Crippen molar-refractivity contribution in [3.8, 4) is 0 Å². The van der Waals surface area contributed by atoms with E-state index < -0.39 is 54.4 Å². The molecular weight excluding hydrogens is 482 g/mol. The molecule has 20 heteroatoms. The molecule has 0 amide bonds. The summed E-state index contributed by atoms with van der Waals surface area (Å²) in [5.41, 5.74) is 0. The van der Waals surface area contributed by atoms with Crippen LogP contribution in [-0.2, 0) is 9.47 Å². The highest BCUT2D eigenvalue weighted by Gasteiger charge is 2.87. The van der Waals surface area contributed by atoms with Crippen molar-refractivity contribution in [2.75, 3.05) is 0 Å². The van der Waals surface area contributed by atoms with Gasteiger partial charge in [-0.3, -0.25) is 4.74 Å². The third-order valence-electron chi connectivity index (χ3n) is 2.49. The Morgan fingerprint density at radius 1 is 0.483 bits per heavy atom. The zero-order chi connectivity index (χ0) is 24.1. The summed E-state index contributed by atoms with van der Waals surface area (Å²) >= 11 is 0. The number of rotatable bonds is 7. The average molecular weight is 482 g/mol. The molecule has 0 spiro atoms. The van der Waals surface area contributed by atoms with Crippen molar-refractivity contribution >= 4 is 0 Å². The quantitative estimate of drug-likeness (QED) is 0.313. The first-order valence-corrected chi connectivity index (χ1v) is 5.72. The Kier molecular flexibility index (Phi) is 6.75. The van der Waals surface area contributed by atoms with Crippen molar-refractivity contribution in [2.45, 2.75) is 42.3 Å². The van der Waals surface area contributed by atoms with Crippen LogP contribution in [0.4, 0.5) is 79.0 Å². The second-order valence-electron chi connectivity index (χ2n) is 4.51. The fourth-order valence-electron chi connectivity index (χ4n) is 1.10. The SMILES string of the molecule is FC(F)=C(F)OC(F)(F)C(F)(OC(F)(F)C(F)(F)C(F)(F)C(F)(F)F)C(F)(F)F. The molecule has 0 N–H and O–H groups in total. The topological polar surface area (TPSA) is 18.5 Å². The van der Waals surface area contributed by atoms with E-state index in [-0.39, 0.29) is 0 Å². The number of hydrogen-bond donors (Lipinski definition) is 0.